The van der Waals surface area contributed by atoms with E-state index in [0.717, 1.165) is 24.2 Å². The lowest BCUT2D eigenvalue weighted by Crippen LogP contribution is -2.22. The summed E-state index contributed by atoms with van der Waals surface area (Å²) in [7, 11) is 0. The molecule has 1 aliphatic carbocycles. The fourth-order valence-electron chi connectivity index (χ4n) is 4.58. The van der Waals surface area contributed by atoms with E-state index in [2.05, 4.69) is 0 Å². The van der Waals surface area contributed by atoms with Crippen molar-refractivity contribution in [3.8, 4) is 5.75 Å². The largest absolute Gasteiger partial charge is 0.491 e. The van der Waals surface area contributed by atoms with Gasteiger partial charge >= 0.3 is 5.97 Å². The van der Waals surface area contributed by atoms with Crippen molar-refractivity contribution in [1.82, 2.24) is 0 Å². The zero-order chi connectivity index (χ0) is 23.8. The Hall–Kier alpha value is -1.93. The topological polar surface area (TPSA) is 94.5 Å². The molecular weight excluding hydrogens is 424 g/mol. The van der Waals surface area contributed by atoms with Crippen LogP contribution in [-0.2, 0) is 19.0 Å². The molecule has 0 radical (unpaired) electrons. The summed E-state index contributed by atoms with van der Waals surface area (Å²) in [5.74, 6) is 0.700. The molecule has 0 amide bonds. The number of hydrogen-bond acceptors (Lipinski definition) is 7. The summed E-state index contributed by atoms with van der Waals surface area (Å²) in [4.78, 5) is 11.6. The van der Waals surface area contributed by atoms with E-state index >= 15 is 0 Å². The molecule has 6 atom stereocenters. The Balaban J connectivity index is 1.44. The van der Waals surface area contributed by atoms with Crippen LogP contribution in [0.2, 0.25) is 0 Å². The molecule has 33 heavy (non-hydrogen) atoms. The van der Waals surface area contributed by atoms with E-state index < -0.39 is 12.2 Å². The van der Waals surface area contributed by atoms with Crippen molar-refractivity contribution < 1.29 is 34.0 Å². The molecule has 7 nitrogen and oxygen atoms in total. The maximum absolute atomic E-state index is 11.6. The van der Waals surface area contributed by atoms with Crippen LogP contribution in [0.25, 0.3) is 0 Å². The van der Waals surface area contributed by atoms with Crippen molar-refractivity contribution in [3.63, 3.8) is 0 Å². The van der Waals surface area contributed by atoms with Gasteiger partial charge in [-0.1, -0.05) is 29.8 Å². The monoisotopic (exact) mass is 462 g/mol. The standard InChI is InChI=1S/C26H38O7/c1-17(2)33-26(29)16-30-13-19-6-10-23-22(24(28)12-25(23)32-14-19)11-7-20(27)15-31-21-8-4-18(3)5-9-21/h4-5,7-9,11,17,19-20,22-25,27-28H,6,10,12-16H2,1-3H3/t19-,20-,22-,23-,24-,25+/m1/s1. The number of esters is 1. The van der Waals surface area contributed by atoms with Crippen molar-refractivity contribution >= 4 is 5.97 Å². The Morgan fingerprint density at radius 3 is 2.73 bits per heavy atom. The Morgan fingerprint density at radius 2 is 2.00 bits per heavy atom. The Labute approximate surface area is 196 Å². The van der Waals surface area contributed by atoms with E-state index in [0.29, 0.717) is 19.6 Å². The molecule has 1 aliphatic heterocycles. The lowest BCUT2D eigenvalue weighted by atomic mass is 9.87. The minimum Gasteiger partial charge on any atom is -0.491 e. The Morgan fingerprint density at radius 1 is 1.24 bits per heavy atom. The first-order chi connectivity index (χ1) is 15.8. The number of ether oxygens (including phenoxy) is 4. The highest BCUT2D eigenvalue weighted by molar-refractivity contribution is 5.70. The maximum Gasteiger partial charge on any atom is 0.332 e. The van der Waals surface area contributed by atoms with Crippen LogP contribution in [0.3, 0.4) is 0 Å². The zero-order valence-electron chi connectivity index (χ0n) is 19.9. The molecule has 1 aromatic carbocycles. The average molecular weight is 463 g/mol. The second-order valence-corrected chi connectivity index (χ2v) is 9.49. The summed E-state index contributed by atoms with van der Waals surface area (Å²) in [6, 6.07) is 7.70. The van der Waals surface area contributed by atoms with Crippen LogP contribution < -0.4 is 4.74 Å². The van der Waals surface area contributed by atoms with Crippen LogP contribution in [0, 0.1) is 24.7 Å². The lowest BCUT2D eigenvalue weighted by Gasteiger charge is -2.21. The predicted octanol–water partition coefficient (Wildman–Crippen LogP) is 3.05. The number of carbonyl (C=O) groups excluding carboxylic acids is 1. The van der Waals surface area contributed by atoms with Gasteiger partial charge in [0.1, 0.15) is 25.1 Å². The highest BCUT2D eigenvalue weighted by atomic mass is 16.6. The van der Waals surface area contributed by atoms with Crippen LogP contribution in [0.5, 0.6) is 5.75 Å². The van der Waals surface area contributed by atoms with Crippen molar-refractivity contribution in [2.24, 2.45) is 17.8 Å². The number of benzene rings is 1. The van der Waals surface area contributed by atoms with Gasteiger partial charge in [0.15, 0.2) is 0 Å². The fraction of sp³-hybridized carbons (Fsp3) is 0.654. The first kappa shape index (κ1) is 25.7. The van der Waals surface area contributed by atoms with Crippen molar-refractivity contribution in [3.05, 3.63) is 42.0 Å². The summed E-state index contributed by atoms with van der Waals surface area (Å²) in [6.45, 7) is 6.75. The van der Waals surface area contributed by atoms with Crippen LogP contribution in [-0.4, -0.2) is 67.0 Å². The molecule has 1 heterocycles. The summed E-state index contributed by atoms with van der Waals surface area (Å²) in [5, 5.41) is 20.9. The van der Waals surface area contributed by atoms with Gasteiger partial charge in [-0.3, -0.25) is 0 Å². The molecule has 2 aliphatic rings. The fourth-order valence-corrected chi connectivity index (χ4v) is 4.58. The van der Waals surface area contributed by atoms with Crippen molar-refractivity contribution in [1.29, 1.82) is 0 Å². The van der Waals surface area contributed by atoms with Crippen LogP contribution in [0.1, 0.15) is 38.7 Å². The summed E-state index contributed by atoms with van der Waals surface area (Å²) < 4.78 is 22.4. The van der Waals surface area contributed by atoms with Crippen molar-refractivity contribution in [2.45, 2.75) is 64.4 Å². The number of aliphatic hydroxyl groups is 2. The van der Waals surface area contributed by atoms with E-state index in [1.807, 2.05) is 51.1 Å². The quantitative estimate of drug-likeness (QED) is 0.408. The molecule has 2 fully saturated rings. The second-order valence-electron chi connectivity index (χ2n) is 9.49. The zero-order valence-corrected chi connectivity index (χ0v) is 19.9. The predicted molar refractivity (Wildman–Crippen MR) is 124 cm³/mol. The number of rotatable bonds is 10. The lowest BCUT2D eigenvalue weighted by molar-refractivity contribution is -0.153. The van der Waals surface area contributed by atoms with Gasteiger partial charge in [0, 0.05) is 18.3 Å². The molecular formula is C26H38O7. The van der Waals surface area contributed by atoms with Crippen LogP contribution in [0.4, 0.5) is 0 Å². The Kier molecular flexibility index (Phi) is 9.74. The molecule has 3 rings (SSSR count). The van der Waals surface area contributed by atoms with E-state index in [4.69, 9.17) is 18.9 Å². The summed E-state index contributed by atoms with van der Waals surface area (Å²) in [6.07, 6.45) is 4.63. The van der Waals surface area contributed by atoms with Gasteiger partial charge in [0.05, 0.1) is 31.5 Å². The molecule has 0 aromatic heterocycles. The summed E-state index contributed by atoms with van der Waals surface area (Å²) in [5.41, 5.74) is 1.15. The van der Waals surface area contributed by atoms with Gasteiger partial charge in [-0.05, 0) is 51.7 Å². The highest BCUT2D eigenvalue weighted by Crippen LogP contribution is 2.41. The number of aryl methyl sites for hydroxylation is 1. The smallest absolute Gasteiger partial charge is 0.332 e. The number of carbonyl (C=O) groups is 1. The molecule has 184 valence electrons. The first-order valence-corrected chi connectivity index (χ1v) is 11.9. The number of fused-ring (bicyclic) bond motifs is 1. The first-order valence-electron chi connectivity index (χ1n) is 11.9. The van der Waals surface area contributed by atoms with E-state index in [9.17, 15) is 15.0 Å². The normalized spacial score (nSPS) is 28.5. The molecule has 0 unspecified atom stereocenters. The molecule has 1 aromatic rings. The van der Waals surface area contributed by atoms with Crippen LogP contribution >= 0.6 is 0 Å². The van der Waals surface area contributed by atoms with Gasteiger partial charge in [0.25, 0.3) is 0 Å². The summed E-state index contributed by atoms with van der Waals surface area (Å²) >= 11 is 0. The molecule has 0 spiro atoms. The van der Waals surface area contributed by atoms with E-state index in [1.54, 1.807) is 6.08 Å². The third-order valence-corrected chi connectivity index (χ3v) is 6.28. The van der Waals surface area contributed by atoms with Gasteiger partial charge in [-0.2, -0.15) is 0 Å². The third-order valence-electron chi connectivity index (χ3n) is 6.28. The second kappa shape index (κ2) is 12.5. The minimum absolute atomic E-state index is 0.00786. The molecule has 1 saturated carbocycles. The molecule has 7 heteroatoms. The minimum atomic E-state index is -0.754. The van der Waals surface area contributed by atoms with E-state index in [1.165, 1.54) is 0 Å². The van der Waals surface area contributed by atoms with E-state index in [-0.39, 0.29) is 49.1 Å². The maximum atomic E-state index is 11.6. The Bertz CT molecular complexity index is 760. The number of aliphatic hydroxyl groups excluding tert-OH is 2. The van der Waals surface area contributed by atoms with Gasteiger partial charge < -0.3 is 29.2 Å². The SMILES string of the molecule is Cc1ccc(OC[C@H](O)C=C[C@@H]2[C@H]3CC[C@H](COCC(=O)OC(C)C)CO[C@H]3C[C@H]2O)cc1. The van der Waals surface area contributed by atoms with Crippen molar-refractivity contribution in [2.75, 3.05) is 26.4 Å². The van der Waals surface area contributed by atoms with Gasteiger partial charge in [-0.15, -0.1) is 0 Å². The highest BCUT2D eigenvalue weighted by Gasteiger charge is 2.43. The number of hydrogen-bond donors (Lipinski definition) is 2. The average Bonchev–Trinajstić information content (AvgIpc) is 2.93. The van der Waals surface area contributed by atoms with Gasteiger partial charge in [-0.25, -0.2) is 4.79 Å². The molecule has 2 N–H and O–H groups in total. The van der Waals surface area contributed by atoms with Crippen LogP contribution in [0.15, 0.2) is 36.4 Å². The third kappa shape index (κ3) is 8.10. The molecule has 1 saturated heterocycles. The van der Waals surface area contributed by atoms with Gasteiger partial charge in [0.2, 0.25) is 0 Å². The molecule has 0 bridgehead atoms.